The number of esters is 1. The Morgan fingerprint density at radius 3 is 2.68 bits per heavy atom. The number of carbonyl (C=O) groups is 1. The summed E-state index contributed by atoms with van der Waals surface area (Å²) < 4.78 is 24.3. The molecule has 1 saturated heterocycles. The molecule has 0 atom stereocenters. The van der Waals surface area contributed by atoms with Crippen molar-refractivity contribution in [2.75, 3.05) is 60.2 Å². The molecule has 0 amide bonds. The minimum absolute atomic E-state index is 0.212. The molecule has 1 aliphatic rings. The van der Waals surface area contributed by atoms with Crippen LogP contribution < -0.4 is 0 Å². The highest BCUT2D eigenvalue weighted by Gasteiger charge is 2.47. The zero-order chi connectivity index (χ0) is 29.9. The summed E-state index contributed by atoms with van der Waals surface area (Å²) in [5, 5.41) is 0. The summed E-state index contributed by atoms with van der Waals surface area (Å²) in [4.78, 5) is 15.3. The Balaban J connectivity index is 1.88. The number of terminal acetylenes is 1. The van der Waals surface area contributed by atoms with Crippen molar-refractivity contribution < 1.29 is 23.2 Å². The first kappa shape index (κ1) is 34.1. The van der Waals surface area contributed by atoms with Crippen molar-refractivity contribution in [1.29, 1.82) is 0 Å². The van der Waals surface area contributed by atoms with E-state index in [-0.39, 0.29) is 5.97 Å². The van der Waals surface area contributed by atoms with E-state index in [1.54, 1.807) is 25.3 Å². The number of hydrogen-bond donors (Lipinski definition) is 0. The third-order valence-corrected chi connectivity index (χ3v) is 7.64. The number of allylic oxidation sites excluding steroid dienone is 6. The second kappa shape index (κ2) is 19.1. The number of likely N-dealkylation sites (N-methyl/N-ethyl adjacent to an activating group) is 1. The third-order valence-electron chi connectivity index (χ3n) is 6.83. The molecule has 0 saturated carbocycles. The maximum absolute atomic E-state index is 13.0. The molecule has 1 aliphatic heterocycles. The van der Waals surface area contributed by atoms with Gasteiger partial charge in [0.2, 0.25) is 0 Å². The van der Waals surface area contributed by atoms with Crippen LogP contribution in [0.5, 0.6) is 0 Å². The molecular weight excluding hydrogens is 536 g/mol. The summed E-state index contributed by atoms with van der Waals surface area (Å²) in [6.45, 7) is 13.7. The quantitative estimate of drug-likeness (QED) is 0.0421. The molecule has 0 radical (unpaired) electrons. The predicted octanol–water partition coefficient (Wildman–Crippen LogP) is 5.63. The fourth-order valence-electron chi connectivity index (χ4n) is 4.49. The lowest BCUT2D eigenvalue weighted by molar-refractivity contribution is -0.157. The second-order valence-electron chi connectivity index (χ2n) is 9.42. The largest absolute Gasteiger partial charge is 0.493 e. The van der Waals surface area contributed by atoms with Crippen LogP contribution in [0.25, 0.3) is 5.57 Å². The van der Waals surface area contributed by atoms with Crippen LogP contribution in [0.1, 0.15) is 30.9 Å². The van der Waals surface area contributed by atoms with Crippen LogP contribution in [0.2, 0.25) is 0 Å². The minimum atomic E-state index is -0.739. The van der Waals surface area contributed by atoms with E-state index >= 15 is 0 Å². The Morgan fingerprint density at radius 1 is 1.24 bits per heavy atom. The summed E-state index contributed by atoms with van der Waals surface area (Å²) in [6.07, 6.45) is 18.3. The molecule has 1 aromatic carbocycles. The van der Waals surface area contributed by atoms with Crippen molar-refractivity contribution in [2.45, 2.75) is 31.7 Å². The molecule has 41 heavy (non-hydrogen) atoms. The fourth-order valence-corrected chi connectivity index (χ4v) is 5.18. The van der Waals surface area contributed by atoms with Gasteiger partial charge >= 0.3 is 5.97 Å². The maximum Gasteiger partial charge on any atom is 0.327 e. The number of ether oxygens (including phenoxy) is 3. The molecule has 7 nitrogen and oxygen atoms in total. The van der Waals surface area contributed by atoms with E-state index in [0.29, 0.717) is 45.0 Å². The normalized spacial score (nSPS) is 16.0. The lowest BCUT2D eigenvalue weighted by atomic mass is 9.87. The number of piperidine rings is 1. The molecule has 8 heteroatoms. The van der Waals surface area contributed by atoms with Gasteiger partial charge in [-0.1, -0.05) is 67.6 Å². The van der Waals surface area contributed by atoms with E-state index in [2.05, 4.69) is 36.1 Å². The third kappa shape index (κ3) is 11.0. The first-order valence-electron chi connectivity index (χ1n) is 13.9. The summed E-state index contributed by atoms with van der Waals surface area (Å²) in [5.41, 5.74) is 2.50. The lowest BCUT2D eigenvalue weighted by Crippen LogP contribution is -2.57. The predicted molar refractivity (Wildman–Crippen MR) is 169 cm³/mol. The fraction of sp³-hybridized carbons (Fsp3) is 0.424. The van der Waals surface area contributed by atoms with Crippen LogP contribution >= 0.6 is 12.2 Å². The first-order chi connectivity index (χ1) is 19.9. The van der Waals surface area contributed by atoms with Crippen molar-refractivity contribution in [1.82, 2.24) is 9.21 Å². The van der Waals surface area contributed by atoms with Crippen LogP contribution in [-0.2, 0) is 29.6 Å². The van der Waals surface area contributed by atoms with E-state index < -0.39 is 5.54 Å². The van der Waals surface area contributed by atoms with Crippen molar-refractivity contribution >= 4 is 23.8 Å². The van der Waals surface area contributed by atoms with Crippen molar-refractivity contribution in [3.63, 3.8) is 0 Å². The number of benzene rings is 1. The molecule has 2 rings (SSSR count). The molecule has 0 N–H and O–H groups in total. The van der Waals surface area contributed by atoms with Gasteiger partial charge in [-0.2, -0.15) is 0 Å². The topological polar surface area (TPSA) is 60.5 Å². The summed E-state index contributed by atoms with van der Waals surface area (Å²) >= 11 is 1.16. The zero-order valence-electron chi connectivity index (χ0n) is 24.7. The van der Waals surface area contributed by atoms with Gasteiger partial charge in [0.1, 0.15) is 11.3 Å². The standard InChI is InChI=1S/C33H44N2O5S/c1-7-13-29(9-3)30-16-11-15-28(27-30)18-25-39-31(14-8-2)17-12-24-40-41-34(5)33(32(36)38-10-4)19-21-35(22-20-33)23-26-37-6/h2,7,9,11-17,27H,1,3,10,18-26H2,4-6H3/b17-12-,29-13+,31-14+. The van der Waals surface area contributed by atoms with E-state index in [0.717, 1.165) is 55.0 Å². The number of carbonyl (C=O) groups excluding carboxylic acids is 1. The van der Waals surface area contributed by atoms with Crippen LogP contribution in [0.15, 0.2) is 79.6 Å². The van der Waals surface area contributed by atoms with Crippen LogP contribution in [0.4, 0.5) is 0 Å². The molecular formula is C33H44N2O5S. The monoisotopic (exact) mass is 580 g/mol. The number of likely N-dealkylation sites (tertiary alicyclic amines) is 1. The van der Waals surface area contributed by atoms with Gasteiger partial charge in [0.25, 0.3) is 0 Å². The van der Waals surface area contributed by atoms with E-state index in [4.69, 9.17) is 24.8 Å². The highest BCUT2D eigenvalue weighted by molar-refractivity contribution is 7.92. The van der Waals surface area contributed by atoms with Crippen LogP contribution in [0.3, 0.4) is 0 Å². The van der Waals surface area contributed by atoms with Gasteiger partial charge in [-0.15, -0.1) is 6.42 Å². The molecule has 1 heterocycles. The molecule has 0 bridgehead atoms. The van der Waals surface area contributed by atoms with Crippen LogP contribution in [-0.4, -0.2) is 80.9 Å². The van der Waals surface area contributed by atoms with Gasteiger partial charge in [0.15, 0.2) is 0 Å². The van der Waals surface area contributed by atoms with Crippen LogP contribution in [0, 0.1) is 12.3 Å². The number of nitrogens with zero attached hydrogens (tertiary/aromatic N) is 2. The van der Waals surface area contributed by atoms with Gasteiger partial charge in [-0.25, -0.2) is 4.31 Å². The average Bonchev–Trinajstić information content (AvgIpc) is 2.99. The molecule has 222 valence electrons. The smallest absolute Gasteiger partial charge is 0.327 e. The maximum atomic E-state index is 13.0. The van der Waals surface area contributed by atoms with E-state index in [1.165, 1.54) is 0 Å². The molecule has 1 fully saturated rings. The molecule has 0 spiro atoms. The summed E-state index contributed by atoms with van der Waals surface area (Å²) in [7, 11) is 3.58. The lowest BCUT2D eigenvalue weighted by Gasteiger charge is -2.43. The molecule has 0 aromatic heterocycles. The SMILES string of the molecule is C#C/C=C(\C=C/COSN(C)C1(C(=O)OCC)CCN(CCOC)CC1)OCCc1cccc(/C(C=C)=C/C=C)c1. The Kier molecular flexibility index (Phi) is 15.9. The Morgan fingerprint density at radius 2 is 2.02 bits per heavy atom. The molecule has 0 aliphatic carbocycles. The Hall–Kier alpha value is -3.06. The number of rotatable bonds is 18. The highest BCUT2D eigenvalue weighted by atomic mass is 32.2. The average molecular weight is 581 g/mol. The minimum Gasteiger partial charge on any atom is -0.493 e. The summed E-state index contributed by atoms with van der Waals surface area (Å²) in [6, 6.07) is 8.25. The summed E-state index contributed by atoms with van der Waals surface area (Å²) in [5.74, 6) is 2.89. The van der Waals surface area contributed by atoms with Crippen molar-refractivity contribution in [2.24, 2.45) is 0 Å². The van der Waals surface area contributed by atoms with E-state index in [9.17, 15) is 4.79 Å². The van der Waals surface area contributed by atoms with Gasteiger partial charge in [0.05, 0.1) is 38.7 Å². The first-order valence-corrected chi connectivity index (χ1v) is 14.6. The highest BCUT2D eigenvalue weighted by Crippen LogP contribution is 2.34. The Labute approximate surface area is 250 Å². The molecule has 1 aromatic rings. The van der Waals surface area contributed by atoms with Gasteiger partial charge in [0, 0.05) is 46.3 Å². The Bertz CT molecular complexity index is 1110. The zero-order valence-corrected chi connectivity index (χ0v) is 25.5. The molecule has 0 unspecified atom stereocenters. The van der Waals surface area contributed by atoms with Gasteiger partial charge in [-0.3, -0.25) is 8.98 Å². The van der Waals surface area contributed by atoms with E-state index in [1.807, 2.05) is 48.6 Å². The van der Waals surface area contributed by atoms with Gasteiger partial charge in [-0.05, 0) is 42.5 Å². The number of hydrogen-bond acceptors (Lipinski definition) is 8. The van der Waals surface area contributed by atoms with Gasteiger partial charge < -0.3 is 19.1 Å². The number of methoxy groups -OCH3 is 1. The van der Waals surface area contributed by atoms with Crippen molar-refractivity contribution in [3.8, 4) is 12.3 Å². The van der Waals surface area contributed by atoms with Crippen molar-refractivity contribution in [3.05, 3.63) is 90.8 Å². The second-order valence-corrected chi connectivity index (χ2v) is 10.4.